The molecule has 0 amide bonds. The van der Waals surface area contributed by atoms with Crippen LogP contribution in [-0.2, 0) is 13.0 Å². The molecular weight excluding hydrogens is 340 g/mol. The predicted octanol–water partition coefficient (Wildman–Crippen LogP) is 3.07. The Hall–Kier alpha value is -2.24. The molecule has 0 N–H and O–H groups in total. The van der Waals surface area contributed by atoms with Crippen LogP contribution in [0.3, 0.4) is 0 Å². The molecule has 5 nitrogen and oxygen atoms in total. The van der Waals surface area contributed by atoms with Gasteiger partial charge in [0, 0.05) is 44.8 Å². The summed E-state index contributed by atoms with van der Waals surface area (Å²) >= 11 is 0. The molecule has 0 unspecified atom stereocenters. The van der Waals surface area contributed by atoms with Crippen LogP contribution in [0.5, 0.6) is 17.2 Å². The summed E-state index contributed by atoms with van der Waals surface area (Å²) in [4.78, 5) is 5.03. The Labute approximate surface area is 162 Å². The zero-order valence-corrected chi connectivity index (χ0v) is 16.6. The van der Waals surface area contributed by atoms with Gasteiger partial charge in [-0.2, -0.15) is 0 Å². The highest BCUT2D eigenvalue weighted by molar-refractivity contribution is 5.55. The molecule has 1 fully saturated rings. The standard InChI is InChI=1S/C22H30N2O3/c1-25-20-10-9-19(21(26-2)22(20)27-3)17-24-15-13-23(14-16-24)12-11-18-7-5-4-6-8-18/h4-10H,11-17H2,1-3H3. The van der Waals surface area contributed by atoms with E-state index in [4.69, 9.17) is 14.2 Å². The number of methoxy groups -OCH3 is 3. The Kier molecular flexibility index (Phi) is 6.96. The number of rotatable bonds is 8. The fourth-order valence-corrected chi connectivity index (χ4v) is 3.63. The second kappa shape index (κ2) is 9.62. The SMILES string of the molecule is COc1ccc(CN2CCN(CCc3ccccc3)CC2)c(OC)c1OC. The summed E-state index contributed by atoms with van der Waals surface area (Å²) in [5, 5.41) is 0. The molecule has 0 radical (unpaired) electrons. The summed E-state index contributed by atoms with van der Waals surface area (Å²) in [7, 11) is 4.98. The number of ether oxygens (including phenoxy) is 3. The van der Waals surface area contributed by atoms with Gasteiger partial charge in [0.25, 0.3) is 0 Å². The highest BCUT2D eigenvalue weighted by atomic mass is 16.5. The Bertz CT molecular complexity index is 713. The molecule has 1 aliphatic rings. The van der Waals surface area contributed by atoms with Crippen LogP contribution in [-0.4, -0.2) is 63.9 Å². The molecule has 0 spiro atoms. The van der Waals surface area contributed by atoms with Gasteiger partial charge in [-0.3, -0.25) is 4.90 Å². The van der Waals surface area contributed by atoms with Crippen LogP contribution in [0.4, 0.5) is 0 Å². The molecule has 2 aromatic carbocycles. The van der Waals surface area contributed by atoms with Crippen molar-refractivity contribution in [2.75, 3.05) is 54.1 Å². The van der Waals surface area contributed by atoms with E-state index in [9.17, 15) is 0 Å². The van der Waals surface area contributed by atoms with Crippen LogP contribution in [0.2, 0.25) is 0 Å². The van der Waals surface area contributed by atoms with Crippen LogP contribution >= 0.6 is 0 Å². The molecule has 0 bridgehead atoms. The lowest BCUT2D eigenvalue weighted by Gasteiger charge is -2.35. The van der Waals surface area contributed by atoms with E-state index in [1.165, 1.54) is 5.56 Å². The van der Waals surface area contributed by atoms with Crippen molar-refractivity contribution in [3.8, 4) is 17.2 Å². The van der Waals surface area contributed by atoms with E-state index in [1.807, 2.05) is 6.07 Å². The summed E-state index contributed by atoms with van der Waals surface area (Å²) < 4.78 is 16.5. The highest BCUT2D eigenvalue weighted by Crippen LogP contribution is 2.40. The fourth-order valence-electron chi connectivity index (χ4n) is 3.63. The Morgan fingerprint density at radius 3 is 2.04 bits per heavy atom. The van der Waals surface area contributed by atoms with Crippen molar-refractivity contribution < 1.29 is 14.2 Å². The molecule has 0 aromatic heterocycles. The van der Waals surface area contributed by atoms with E-state index in [0.717, 1.165) is 57.0 Å². The Morgan fingerprint density at radius 1 is 0.741 bits per heavy atom. The van der Waals surface area contributed by atoms with Gasteiger partial charge in [-0.05, 0) is 18.1 Å². The van der Waals surface area contributed by atoms with Crippen LogP contribution in [0.1, 0.15) is 11.1 Å². The minimum atomic E-state index is 0.666. The molecule has 146 valence electrons. The van der Waals surface area contributed by atoms with Crippen molar-refractivity contribution in [3.05, 3.63) is 53.6 Å². The van der Waals surface area contributed by atoms with E-state index < -0.39 is 0 Å². The third-order valence-corrected chi connectivity index (χ3v) is 5.20. The molecule has 1 heterocycles. The number of hydrogen-bond donors (Lipinski definition) is 0. The Morgan fingerprint density at radius 2 is 1.41 bits per heavy atom. The van der Waals surface area contributed by atoms with E-state index in [2.05, 4.69) is 46.2 Å². The molecule has 0 aliphatic carbocycles. The molecule has 5 heteroatoms. The fraction of sp³-hybridized carbons (Fsp3) is 0.455. The normalized spacial score (nSPS) is 15.5. The predicted molar refractivity (Wildman–Crippen MR) is 108 cm³/mol. The average Bonchev–Trinajstić information content (AvgIpc) is 2.73. The largest absolute Gasteiger partial charge is 0.493 e. The number of benzene rings is 2. The Balaban J connectivity index is 1.54. The summed E-state index contributed by atoms with van der Waals surface area (Å²) in [6.45, 7) is 6.30. The minimum Gasteiger partial charge on any atom is -0.493 e. The van der Waals surface area contributed by atoms with E-state index >= 15 is 0 Å². The summed E-state index contributed by atoms with van der Waals surface area (Å²) in [6, 6.07) is 14.7. The van der Waals surface area contributed by atoms with Gasteiger partial charge in [-0.1, -0.05) is 36.4 Å². The van der Waals surface area contributed by atoms with Crippen LogP contribution in [0.15, 0.2) is 42.5 Å². The third-order valence-electron chi connectivity index (χ3n) is 5.20. The first kappa shape index (κ1) is 19.5. The second-order valence-electron chi connectivity index (χ2n) is 6.85. The lowest BCUT2D eigenvalue weighted by Crippen LogP contribution is -2.46. The lowest BCUT2D eigenvalue weighted by atomic mass is 10.1. The van der Waals surface area contributed by atoms with Gasteiger partial charge in [-0.15, -0.1) is 0 Å². The molecule has 3 rings (SSSR count). The quantitative estimate of drug-likeness (QED) is 0.713. The number of nitrogens with zero attached hydrogens (tertiary/aromatic N) is 2. The summed E-state index contributed by atoms with van der Waals surface area (Å²) in [6.07, 6.45) is 1.12. The van der Waals surface area contributed by atoms with E-state index in [0.29, 0.717) is 11.5 Å². The van der Waals surface area contributed by atoms with Crippen molar-refractivity contribution in [1.82, 2.24) is 9.80 Å². The molecule has 1 aliphatic heterocycles. The average molecular weight is 370 g/mol. The zero-order chi connectivity index (χ0) is 19.1. The first-order valence-electron chi connectivity index (χ1n) is 9.51. The maximum atomic E-state index is 5.62. The topological polar surface area (TPSA) is 34.2 Å². The van der Waals surface area contributed by atoms with Gasteiger partial charge in [-0.25, -0.2) is 0 Å². The van der Waals surface area contributed by atoms with Crippen molar-refractivity contribution in [2.24, 2.45) is 0 Å². The number of piperazine rings is 1. The summed E-state index contributed by atoms with van der Waals surface area (Å²) in [5.74, 6) is 2.13. The van der Waals surface area contributed by atoms with Gasteiger partial charge in [0.1, 0.15) is 0 Å². The monoisotopic (exact) mass is 370 g/mol. The maximum absolute atomic E-state index is 5.62. The smallest absolute Gasteiger partial charge is 0.203 e. The molecule has 0 saturated carbocycles. The van der Waals surface area contributed by atoms with E-state index in [1.54, 1.807) is 21.3 Å². The first-order chi connectivity index (χ1) is 13.2. The van der Waals surface area contributed by atoms with Crippen LogP contribution in [0, 0.1) is 0 Å². The minimum absolute atomic E-state index is 0.666. The van der Waals surface area contributed by atoms with E-state index in [-0.39, 0.29) is 0 Å². The zero-order valence-electron chi connectivity index (χ0n) is 16.6. The lowest BCUT2D eigenvalue weighted by molar-refractivity contribution is 0.127. The summed E-state index contributed by atoms with van der Waals surface area (Å²) in [5.41, 5.74) is 2.54. The van der Waals surface area contributed by atoms with Crippen molar-refractivity contribution in [2.45, 2.75) is 13.0 Å². The van der Waals surface area contributed by atoms with Crippen molar-refractivity contribution in [1.29, 1.82) is 0 Å². The molecule has 27 heavy (non-hydrogen) atoms. The molecular formula is C22H30N2O3. The second-order valence-corrected chi connectivity index (χ2v) is 6.85. The number of hydrogen-bond acceptors (Lipinski definition) is 5. The maximum Gasteiger partial charge on any atom is 0.203 e. The first-order valence-corrected chi connectivity index (χ1v) is 9.51. The van der Waals surface area contributed by atoms with Crippen LogP contribution < -0.4 is 14.2 Å². The van der Waals surface area contributed by atoms with Gasteiger partial charge < -0.3 is 19.1 Å². The third kappa shape index (κ3) is 4.93. The van der Waals surface area contributed by atoms with Crippen LogP contribution in [0.25, 0.3) is 0 Å². The molecule has 2 aromatic rings. The van der Waals surface area contributed by atoms with Gasteiger partial charge in [0.05, 0.1) is 21.3 Å². The highest BCUT2D eigenvalue weighted by Gasteiger charge is 2.21. The van der Waals surface area contributed by atoms with Gasteiger partial charge in [0.15, 0.2) is 11.5 Å². The van der Waals surface area contributed by atoms with Crippen molar-refractivity contribution >= 4 is 0 Å². The molecule has 0 atom stereocenters. The molecule has 1 saturated heterocycles. The van der Waals surface area contributed by atoms with Gasteiger partial charge in [0.2, 0.25) is 5.75 Å². The van der Waals surface area contributed by atoms with Gasteiger partial charge >= 0.3 is 0 Å². The van der Waals surface area contributed by atoms with Crippen molar-refractivity contribution in [3.63, 3.8) is 0 Å².